The Morgan fingerprint density at radius 3 is 2.36 bits per heavy atom. The summed E-state index contributed by atoms with van der Waals surface area (Å²) in [6.45, 7) is 7.82. The van der Waals surface area contributed by atoms with Gasteiger partial charge < -0.3 is 5.32 Å². The van der Waals surface area contributed by atoms with Crippen molar-refractivity contribution < 1.29 is 9.59 Å². The molecule has 2 unspecified atom stereocenters. The summed E-state index contributed by atoms with van der Waals surface area (Å²) in [4.78, 5) is 22.1. The van der Waals surface area contributed by atoms with E-state index in [1.807, 2.05) is 0 Å². The fraction of sp³-hybridized carbons (Fsp3) is 0.600. The van der Waals surface area contributed by atoms with Crippen molar-refractivity contribution in [2.75, 3.05) is 0 Å². The van der Waals surface area contributed by atoms with E-state index >= 15 is 0 Å². The van der Waals surface area contributed by atoms with E-state index in [-0.39, 0.29) is 17.7 Å². The summed E-state index contributed by atoms with van der Waals surface area (Å²) >= 11 is 0. The van der Waals surface area contributed by atoms with Crippen molar-refractivity contribution in [3.63, 3.8) is 0 Å². The molecule has 1 amide bonds. The number of ketones is 1. The van der Waals surface area contributed by atoms with Crippen LogP contribution in [0.25, 0.3) is 0 Å². The first-order valence-electron chi connectivity index (χ1n) is 4.65. The first kappa shape index (κ1) is 11.0. The monoisotopic (exact) mass is 209 g/mol. The van der Waals surface area contributed by atoms with Crippen molar-refractivity contribution in [2.45, 2.75) is 32.6 Å². The van der Waals surface area contributed by atoms with Gasteiger partial charge in [-0.3, -0.25) is 9.59 Å². The van der Waals surface area contributed by atoms with E-state index < -0.39 is 14.0 Å². The summed E-state index contributed by atoms with van der Waals surface area (Å²) in [5.41, 5.74) is 3.15. The quantitative estimate of drug-likeness (QED) is 0.297. The minimum Gasteiger partial charge on any atom is -0.340 e. The molecule has 76 valence electrons. The molecule has 1 heterocycles. The summed E-state index contributed by atoms with van der Waals surface area (Å²) in [5, 5.41) is 2.64. The van der Waals surface area contributed by atoms with Crippen molar-refractivity contribution in [1.29, 1.82) is 0 Å². The molecule has 2 atom stereocenters. The lowest BCUT2D eigenvalue weighted by atomic mass is 9.88. The van der Waals surface area contributed by atoms with Crippen LogP contribution in [0.4, 0.5) is 0 Å². The third-order valence-corrected chi connectivity index (χ3v) is 2.85. The lowest BCUT2D eigenvalue weighted by Gasteiger charge is -2.31. The number of carbonyl (C=O) groups is 2. The molecule has 3 nitrogen and oxygen atoms in total. The molecule has 0 aromatic rings. The molecule has 14 heavy (non-hydrogen) atoms. The van der Waals surface area contributed by atoms with E-state index in [1.165, 1.54) is 6.92 Å². The normalized spacial score (nSPS) is 25.6. The van der Waals surface area contributed by atoms with Crippen LogP contribution < -0.4 is 5.32 Å². The molecule has 0 radical (unpaired) electrons. The second-order valence-corrected chi connectivity index (χ2v) is 9.34. The van der Waals surface area contributed by atoms with Crippen LogP contribution in [-0.4, -0.2) is 25.8 Å². The Bertz CT molecular complexity index is 324. The molecule has 0 spiro atoms. The van der Waals surface area contributed by atoms with Gasteiger partial charge in [0.15, 0.2) is 0 Å². The average Bonchev–Trinajstić information content (AvgIpc) is 1.93. The van der Waals surface area contributed by atoms with Crippen molar-refractivity contribution >= 4 is 19.8 Å². The lowest BCUT2D eigenvalue weighted by Crippen LogP contribution is -2.60. The number of Topliss-reactive ketones (excluding diaryl/α,β-unsaturated/α-hetero) is 1. The molecule has 1 saturated heterocycles. The summed E-state index contributed by atoms with van der Waals surface area (Å²) in [5.74, 6) is 2.17. The lowest BCUT2D eigenvalue weighted by molar-refractivity contribution is -0.140. The smallest absolute Gasteiger partial charge is 0.234 e. The number of carbonyl (C=O) groups excluding carboxylic acids is 2. The van der Waals surface area contributed by atoms with Gasteiger partial charge in [-0.05, 0) is 6.92 Å². The topological polar surface area (TPSA) is 46.2 Å². The molecule has 1 N–H and O–H groups in total. The SMILES string of the molecule is CC(=O)C1C(=O)NC1C#C[Si](C)(C)C. The molecule has 1 aliphatic rings. The zero-order valence-corrected chi connectivity index (χ0v) is 9.97. The van der Waals surface area contributed by atoms with Gasteiger partial charge in [0.05, 0.1) is 0 Å². The highest BCUT2D eigenvalue weighted by Crippen LogP contribution is 2.15. The first-order valence-corrected chi connectivity index (χ1v) is 8.15. The summed E-state index contributed by atoms with van der Waals surface area (Å²) in [7, 11) is -1.41. The van der Waals surface area contributed by atoms with Gasteiger partial charge in [-0.15, -0.1) is 5.54 Å². The third kappa shape index (κ3) is 2.45. The second kappa shape index (κ2) is 3.58. The Balaban J connectivity index is 2.68. The Morgan fingerprint density at radius 2 is 2.00 bits per heavy atom. The number of amides is 1. The Kier molecular flexibility index (Phi) is 2.81. The molecular weight excluding hydrogens is 194 g/mol. The number of hydrogen-bond acceptors (Lipinski definition) is 2. The van der Waals surface area contributed by atoms with Gasteiger partial charge in [0.2, 0.25) is 5.91 Å². The molecule has 0 aromatic carbocycles. The maximum Gasteiger partial charge on any atom is 0.234 e. The standard InChI is InChI=1S/C10H15NO2Si/c1-7(12)9-8(11-10(9)13)5-6-14(2,3)4/h8-9H,1-4H3,(H,11,13). The van der Waals surface area contributed by atoms with Crippen LogP contribution >= 0.6 is 0 Å². The molecule has 0 bridgehead atoms. The number of β-lactam (4-membered cyclic amide) rings is 1. The van der Waals surface area contributed by atoms with Crippen LogP contribution in [0.15, 0.2) is 0 Å². The van der Waals surface area contributed by atoms with Crippen LogP contribution in [0, 0.1) is 17.4 Å². The van der Waals surface area contributed by atoms with Crippen LogP contribution in [0.5, 0.6) is 0 Å². The zero-order valence-electron chi connectivity index (χ0n) is 8.97. The highest BCUT2D eigenvalue weighted by atomic mass is 28.3. The molecule has 1 fully saturated rings. The summed E-state index contributed by atoms with van der Waals surface area (Å²) in [6, 6.07) is -0.244. The van der Waals surface area contributed by atoms with Crippen molar-refractivity contribution in [1.82, 2.24) is 5.32 Å². The second-order valence-electron chi connectivity index (χ2n) is 4.59. The largest absolute Gasteiger partial charge is 0.340 e. The van der Waals surface area contributed by atoms with Gasteiger partial charge in [0.1, 0.15) is 25.8 Å². The number of hydrogen-bond donors (Lipinski definition) is 1. The van der Waals surface area contributed by atoms with Crippen LogP contribution in [0.1, 0.15) is 6.92 Å². The summed E-state index contributed by atoms with van der Waals surface area (Å²) < 4.78 is 0. The van der Waals surface area contributed by atoms with E-state index in [4.69, 9.17) is 0 Å². The van der Waals surface area contributed by atoms with Crippen molar-refractivity contribution in [3.8, 4) is 11.5 Å². The van der Waals surface area contributed by atoms with E-state index in [1.54, 1.807) is 0 Å². The van der Waals surface area contributed by atoms with E-state index in [0.717, 1.165) is 0 Å². The third-order valence-electron chi connectivity index (χ3n) is 1.95. The fourth-order valence-electron chi connectivity index (χ4n) is 1.21. The van der Waals surface area contributed by atoms with Crippen LogP contribution in [-0.2, 0) is 9.59 Å². The number of nitrogens with one attached hydrogen (secondary N) is 1. The highest BCUT2D eigenvalue weighted by Gasteiger charge is 2.41. The van der Waals surface area contributed by atoms with E-state index in [9.17, 15) is 9.59 Å². The minimum atomic E-state index is -1.41. The molecular formula is C10H15NO2Si. The van der Waals surface area contributed by atoms with Gasteiger partial charge >= 0.3 is 0 Å². The fourth-order valence-corrected chi connectivity index (χ4v) is 1.80. The van der Waals surface area contributed by atoms with Gasteiger partial charge in [-0.2, -0.15) is 0 Å². The van der Waals surface area contributed by atoms with Gasteiger partial charge in [0.25, 0.3) is 0 Å². The Hall–Kier alpha value is -1.08. The highest BCUT2D eigenvalue weighted by molar-refractivity contribution is 6.83. The minimum absolute atomic E-state index is 0.0939. The molecule has 0 saturated carbocycles. The molecule has 0 aliphatic carbocycles. The van der Waals surface area contributed by atoms with Gasteiger partial charge in [-0.25, -0.2) is 0 Å². The van der Waals surface area contributed by atoms with Crippen molar-refractivity contribution in [3.05, 3.63) is 0 Å². The summed E-state index contributed by atoms with van der Waals surface area (Å²) in [6.07, 6.45) is 0. The maximum absolute atomic E-state index is 11.1. The number of rotatable bonds is 1. The zero-order chi connectivity index (χ0) is 10.9. The first-order chi connectivity index (χ1) is 6.31. The maximum atomic E-state index is 11.1. The van der Waals surface area contributed by atoms with Crippen molar-refractivity contribution in [2.24, 2.45) is 5.92 Å². The van der Waals surface area contributed by atoms with Gasteiger partial charge in [-0.1, -0.05) is 25.6 Å². The average molecular weight is 209 g/mol. The molecule has 1 aliphatic heterocycles. The van der Waals surface area contributed by atoms with E-state index in [0.29, 0.717) is 0 Å². The van der Waals surface area contributed by atoms with Crippen LogP contribution in [0.3, 0.4) is 0 Å². The predicted molar refractivity (Wildman–Crippen MR) is 57.2 cm³/mol. The van der Waals surface area contributed by atoms with Crippen LogP contribution in [0.2, 0.25) is 19.6 Å². The van der Waals surface area contributed by atoms with E-state index in [2.05, 4.69) is 36.4 Å². The molecule has 4 heteroatoms. The molecule has 0 aromatic heterocycles. The van der Waals surface area contributed by atoms with Gasteiger partial charge in [0, 0.05) is 0 Å². The predicted octanol–water partition coefficient (Wildman–Crippen LogP) is 0.571. The molecule has 1 rings (SSSR count). The Labute approximate surface area is 85.3 Å². The Morgan fingerprint density at radius 1 is 1.43 bits per heavy atom.